The van der Waals surface area contributed by atoms with E-state index in [-0.39, 0.29) is 23.8 Å². The van der Waals surface area contributed by atoms with Crippen LogP contribution in [0, 0.1) is 11.8 Å². The molecule has 0 spiro atoms. The molecule has 1 aliphatic carbocycles. The van der Waals surface area contributed by atoms with E-state index in [9.17, 15) is 14.4 Å². The highest BCUT2D eigenvalue weighted by Crippen LogP contribution is 2.33. The number of carbonyl (C=O) groups excluding carboxylic acids is 3. The third kappa shape index (κ3) is 3.50. The molecule has 1 aliphatic heterocycles. The van der Waals surface area contributed by atoms with Crippen molar-refractivity contribution in [2.75, 3.05) is 0 Å². The summed E-state index contributed by atoms with van der Waals surface area (Å²) in [6.07, 6.45) is 2.20. The maximum absolute atomic E-state index is 12.8. The van der Waals surface area contributed by atoms with Crippen molar-refractivity contribution < 1.29 is 14.4 Å². The fraction of sp³-hybridized carbons (Fsp3) is 0.526. The number of carbonyl (C=O) groups is 3. The van der Waals surface area contributed by atoms with Crippen LogP contribution < -0.4 is 5.32 Å². The van der Waals surface area contributed by atoms with Crippen molar-refractivity contribution in [3.05, 3.63) is 35.9 Å². The van der Waals surface area contributed by atoms with Crippen LogP contribution in [-0.4, -0.2) is 34.6 Å². The maximum atomic E-state index is 12.8. The van der Waals surface area contributed by atoms with Gasteiger partial charge in [0.15, 0.2) is 0 Å². The van der Waals surface area contributed by atoms with Crippen LogP contribution in [0.15, 0.2) is 30.3 Å². The van der Waals surface area contributed by atoms with Crippen LogP contribution in [-0.2, 0) is 20.9 Å². The number of ketones is 1. The molecule has 0 bridgehead atoms. The van der Waals surface area contributed by atoms with Gasteiger partial charge in [-0.1, -0.05) is 44.2 Å². The van der Waals surface area contributed by atoms with Gasteiger partial charge in [0.1, 0.15) is 6.04 Å². The number of hydrogen-bond acceptors (Lipinski definition) is 3. The number of likely N-dealkylation sites (tertiary alicyclic amines) is 1. The summed E-state index contributed by atoms with van der Waals surface area (Å²) in [6.45, 7) is 4.38. The smallest absolute Gasteiger partial charge is 0.289 e. The first-order chi connectivity index (χ1) is 11.5. The molecule has 1 saturated heterocycles. The Bertz CT molecular complexity index is 637. The van der Waals surface area contributed by atoms with E-state index in [0.29, 0.717) is 13.0 Å². The van der Waals surface area contributed by atoms with E-state index in [2.05, 4.69) is 5.32 Å². The SMILES string of the molecule is CC(C)[C@H]1CC(=O)N(Cc2ccccc2)[C@@H]1C(=O)C(=O)NC1CC1. The van der Waals surface area contributed by atoms with Crippen LogP contribution in [0.4, 0.5) is 0 Å². The van der Waals surface area contributed by atoms with Gasteiger partial charge in [-0.3, -0.25) is 14.4 Å². The van der Waals surface area contributed by atoms with Crippen molar-refractivity contribution in [1.82, 2.24) is 10.2 Å². The molecule has 24 heavy (non-hydrogen) atoms. The van der Waals surface area contributed by atoms with Crippen LogP contribution >= 0.6 is 0 Å². The predicted octanol–water partition coefficient (Wildman–Crippen LogP) is 1.91. The summed E-state index contributed by atoms with van der Waals surface area (Å²) in [7, 11) is 0. The lowest BCUT2D eigenvalue weighted by Gasteiger charge is -2.28. The second-order valence-corrected chi connectivity index (χ2v) is 7.18. The van der Waals surface area contributed by atoms with Crippen LogP contribution in [0.2, 0.25) is 0 Å². The van der Waals surface area contributed by atoms with Crippen molar-refractivity contribution in [2.45, 2.75) is 51.7 Å². The van der Waals surface area contributed by atoms with Gasteiger partial charge in [-0.05, 0) is 30.2 Å². The number of amides is 2. The summed E-state index contributed by atoms with van der Waals surface area (Å²) in [5.74, 6) is -1.01. The first-order valence-electron chi connectivity index (χ1n) is 8.65. The zero-order chi connectivity index (χ0) is 17.3. The molecule has 5 nitrogen and oxygen atoms in total. The molecule has 128 valence electrons. The van der Waals surface area contributed by atoms with E-state index in [4.69, 9.17) is 0 Å². The van der Waals surface area contributed by atoms with E-state index in [1.54, 1.807) is 4.90 Å². The Hall–Kier alpha value is -2.17. The van der Waals surface area contributed by atoms with E-state index in [1.165, 1.54) is 0 Å². The summed E-state index contributed by atoms with van der Waals surface area (Å²) in [5.41, 5.74) is 0.968. The van der Waals surface area contributed by atoms with Crippen LogP contribution in [0.5, 0.6) is 0 Å². The van der Waals surface area contributed by atoms with Gasteiger partial charge >= 0.3 is 0 Å². The Morgan fingerprint density at radius 1 is 1.21 bits per heavy atom. The van der Waals surface area contributed by atoms with Crippen molar-refractivity contribution in [2.24, 2.45) is 11.8 Å². The summed E-state index contributed by atoms with van der Waals surface area (Å²) in [6, 6.07) is 9.08. The molecule has 5 heteroatoms. The third-order valence-electron chi connectivity index (χ3n) is 4.93. The summed E-state index contributed by atoms with van der Waals surface area (Å²) < 4.78 is 0. The molecule has 1 saturated carbocycles. The fourth-order valence-electron chi connectivity index (χ4n) is 3.34. The summed E-state index contributed by atoms with van der Waals surface area (Å²) in [5, 5.41) is 2.76. The molecule has 1 heterocycles. The first kappa shape index (κ1) is 16.7. The van der Waals surface area contributed by atoms with E-state index in [1.807, 2.05) is 44.2 Å². The zero-order valence-electron chi connectivity index (χ0n) is 14.2. The lowest BCUT2D eigenvalue weighted by atomic mass is 9.86. The summed E-state index contributed by atoms with van der Waals surface area (Å²) in [4.78, 5) is 39.1. The Kier molecular flexibility index (Phi) is 4.69. The highest BCUT2D eigenvalue weighted by atomic mass is 16.2. The Balaban J connectivity index is 1.82. The third-order valence-corrected chi connectivity index (χ3v) is 4.93. The van der Waals surface area contributed by atoms with Gasteiger partial charge in [0, 0.05) is 19.0 Å². The van der Waals surface area contributed by atoms with Gasteiger partial charge in [0.25, 0.3) is 5.91 Å². The van der Waals surface area contributed by atoms with Crippen molar-refractivity contribution in [3.8, 4) is 0 Å². The Morgan fingerprint density at radius 2 is 1.88 bits per heavy atom. The lowest BCUT2D eigenvalue weighted by molar-refractivity contribution is -0.143. The maximum Gasteiger partial charge on any atom is 0.289 e. The number of benzene rings is 1. The normalized spacial score (nSPS) is 23.6. The summed E-state index contributed by atoms with van der Waals surface area (Å²) >= 11 is 0. The Morgan fingerprint density at radius 3 is 2.46 bits per heavy atom. The highest BCUT2D eigenvalue weighted by Gasteiger charge is 2.47. The van der Waals surface area contributed by atoms with E-state index < -0.39 is 17.7 Å². The molecule has 1 aromatic rings. The molecule has 2 fully saturated rings. The fourth-order valence-corrected chi connectivity index (χ4v) is 3.34. The minimum atomic E-state index is -0.656. The molecular weight excluding hydrogens is 304 g/mol. The molecule has 1 aromatic carbocycles. The second-order valence-electron chi connectivity index (χ2n) is 7.18. The molecule has 3 rings (SSSR count). The van der Waals surface area contributed by atoms with Gasteiger partial charge < -0.3 is 10.2 Å². The molecule has 2 amide bonds. The predicted molar refractivity (Wildman–Crippen MR) is 89.9 cm³/mol. The lowest BCUT2D eigenvalue weighted by Crippen LogP contribution is -2.49. The number of hydrogen-bond donors (Lipinski definition) is 1. The molecular formula is C19H24N2O3. The van der Waals surface area contributed by atoms with Gasteiger partial charge in [-0.25, -0.2) is 0 Å². The first-order valence-corrected chi connectivity index (χ1v) is 8.65. The quantitative estimate of drug-likeness (QED) is 0.811. The van der Waals surface area contributed by atoms with Gasteiger partial charge in [-0.2, -0.15) is 0 Å². The van der Waals surface area contributed by atoms with E-state index in [0.717, 1.165) is 18.4 Å². The number of nitrogens with one attached hydrogen (secondary N) is 1. The van der Waals surface area contributed by atoms with Crippen LogP contribution in [0.3, 0.4) is 0 Å². The van der Waals surface area contributed by atoms with E-state index >= 15 is 0 Å². The minimum absolute atomic E-state index is 0.0462. The molecule has 0 aromatic heterocycles. The van der Waals surface area contributed by atoms with Gasteiger partial charge in [0.05, 0.1) is 0 Å². The van der Waals surface area contributed by atoms with Gasteiger partial charge in [-0.15, -0.1) is 0 Å². The monoisotopic (exact) mass is 328 g/mol. The van der Waals surface area contributed by atoms with Crippen molar-refractivity contribution >= 4 is 17.6 Å². The molecule has 0 radical (unpaired) electrons. The van der Waals surface area contributed by atoms with Crippen molar-refractivity contribution in [1.29, 1.82) is 0 Å². The van der Waals surface area contributed by atoms with Crippen molar-refractivity contribution in [3.63, 3.8) is 0 Å². The highest BCUT2D eigenvalue weighted by molar-refractivity contribution is 6.38. The molecule has 2 aliphatic rings. The molecule has 0 unspecified atom stereocenters. The average molecular weight is 328 g/mol. The average Bonchev–Trinajstić information content (AvgIpc) is 3.31. The Labute approximate surface area is 142 Å². The zero-order valence-corrected chi connectivity index (χ0v) is 14.2. The second kappa shape index (κ2) is 6.75. The number of nitrogens with zero attached hydrogens (tertiary/aromatic N) is 1. The molecule has 1 N–H and O–H groups in total. The molecule has 2 atom stereocenters. The van der Waals surface area contributed by atoms with Crippen LogP contribution in [0.25, 0.3) is 0 Å². The standard InChI is InChI=1S/C19H24N2O3/c1-12(2)15-10-16(22)21(11-13-6-4-3-5-7-13)17(15)18(23)19(24)20-14-8-9-14/h3-7,12,14-15,17H,8-11H2,1-2H3,(H,20,24)/t15-,17+/m1/s1. The minimum Gasteiger partial charge on any atom is -0.347 e. The largest absolute Gasteiger partial charge is 0.347 e. The van der Waals surface area contributed by atoms with Gasteiger partial charge in [0.2, 0.25) is 11.7 Å². The number of rotatable bonds is 6. The number of Topliss-reactive ketones (excluding diaryl/α,β-unsaturated/α-hetero) is 1. The van der Waals surface area contributed by atoms with Crippen LogP contribution in [0.1, 0.15) is 38.7 Å². The topological polar surface area (TPSA) is 66.5 Å².